The lowest BCUT2D eigenvalue weighted by Gasteiger charge is -2.32. The molecule has 1 aromatic carbocycles. The van der Waals surface area contributed by atoms with Gasteiger partial charge in [-0.25, -0.2) is 4.39 Å². The number of rotatable bonds is 3. The molecular weight excluding hydrogens is 309 g/mol. The second-order valence-corrected chi connectivity index (χ2v) is 6.88. The smallest absolute Gasteiger partial charge is 0.400 e. The first-order valence-corrected chi connectivity index (χ1v) is 7.79. The van der Waals surface area contributed by atoms with Crippen molar-refractivity contribution in [1.29, 1.82) is 0 Å². The van der Waals surface area contributed by atoms with Gasteiger partial charge in [-0.3, -0.25) is 0 Å². The largest absolute Gasteiger partial charge is 0.491 e. The van der Waals surface area contributed by atoms with Gasteiger partial charge in [-0.05, 0) is 51.4 Å². The van der Waals surface area contributed by atoms with Crippen molar-refractivity contribution in [2.24, 2.45) is 0 Å². The van der Waals surface area contributed by atoms with Gasteiger partial charge >= 0.3 is 7.12 Å². The van der Waals surface area contributed by atoms with Crippen molar-refractivity contribution in [3.63, 3.8) is 0 Å². The zero-order valence-electron chi connectivity index (χ0n) is 12.6. The molecule has 0 spiro atoms. The Morgan fingerprint density at radius 3 is 2.38 bits per heavy atom. The summed E-state index contributed by atoms with van der Waals surface area (Å²) in [4.78, 5) is 0. The van der Waals surface area contributed by atoms with Crippen molar-refractivity contribution in [3.8, 4) is 0 Å². The highest BCUT2D eigenvalue weighted by molar-refractivity contribution is 7.80. The zero-order valence-corrected chi connectivity index (χ0v) is 14.3. The summed E-state index contributed by atoms with van der Waals surface area (Å²) in [6, 6.07) is 4.43. The Balaban J connectivity index is 2.33. The molecule has 0 bridgehead atoms. The molecule has 1 aliphatic heterocycles. The van der Waals surface area contributed by atoms with Gasteiger partial charge in [0, 0.05) is 16.3 Å². The van der Waals surface area contributed by atoms with E-state index in [0.717, 1.165) is 5.47 Å². The molecule has 114 valence electrons. The second kappa shape index (κ2) is 5.96. The Bertz CT molecular complexity index is 559. The molecule has 2 rings (SSSR count). The standard InChI is InChI=1S/C15H19BClFO2S/c1-14(2)15(3,4)20-16(19-14)11(9-21)7-10-8-12(17)5-6-13(10)18/h5-8,21H,9H2,1-4H3. The molecule has 0 saturated carbocycles. The highest BCUT2D eigenvalue weighted by atomic mass is 35.5. The van der Waals surface area contributed by atoms with Crippen LogP contribution in [0.1, 0.15) is 33.3 Å². The first-order valence-electron chi connectivity index (χ1n) is 6.78. The summed E-state index contributed by atoms with van der Waals surface area (Å²) in [5.41, 5.74) is 0.290. The molecular formula is C15H19BClFO2S. The topological polar surface area (TPSA) is 18.5 Å². The maximum atomic E-state index is 13.8. The van der Waals surface area contributed by atoms with E-state index in [9.17, 15) is 4.39 Å². The fraction of sp³-hybridized carbons (Fsp3) is 0.467. The monoisotopic (exact) mass is 328 g/mol. The Hall–Kier alpha value is -0.485. The van der Waals surface area contributed by atoms with Gasteiger partial charge in [0.15, 0.2) is 0 Å². The number of halogens is 2. The van der Waals surface area contributed by atoms with Gasteiger partial charge in [0.2, 0.25) is 0 Å². The van der Waals surface area contributed by atoms with Crippen molar-refractivity contribution in [2.45, 2.75) is 38.9 Å². The van der Waals surface area contributed by atoms with Crippen molar-refractivity contribution in [1.82, 2.24) is 0 Å². The lowest BCUT2D eigenvalue weighted by Crippen LogP contribution is -2.41. The number of hydrogen-bond acceptors (Lipinski definition) is 3. The van der Waals surface area contributed by atoms with Crippen LogP contribution in [-0.2, 0) is 9.31 Å². The Kier molecular flexibility index (Phi) is 4.79. The van der Waals surface area contributed by atoms with Crippen molar-refractivity contribution in [2.75, 3.05) is 5.75 Å². The van der Waals surface area contributed by atoms with E-state index in [-0.39, 0.29) is 5.82 Å². The third kappa shape index (κ3) is 3.47. The molecule has 1 aliphatic rings. The number of hydrogen-bond donors (Lipinski definition) is 1. The Labute approximate surface area is 136 Å². The van der Waals surface area contributed by atoms with Crippen LogP contribution in [0, 0.1) is 5.82 Å². The van der Waals surface area contributed by atoms with E-state index in [1.54, 1.807) is 12.1 Å². The lowest BCUT2D eigenvalue weighted by atomic mass is 9.78. The average molecular weight is 329 g/mol. The molecule has 0 N–H and O–H groups in total. The summed E-state index contributed by atoms with van der Waals surface area (Å²) >= 11 is 10.2. The SMILES string of the molecule is CC1(C)OB(C(=Cc2cc(Cl)ccc2F)CS)OC1(C)C. The molecule has 21 heavy (non-hydrogen) atoms. The van der Waals surface area contributed by atoms with E-state index in [1.165, 1.54) is 12.1 Å². The van der Waals surface area contributed by atoms with Crippen LogP contribution < -0.4 is 0 Å². The molecule has 0 unspecified atom stereocenters. The van der Waals surface area contributed by atoms with Gasteiger partial charge in [-0.2, -0.15) is 12.6 Å². The van der Waals surface area contributed by atoms with Gasteiger partial charge in [-0.1, -0.05) is 17.7 Å². The molecule has 0 aliphatic carbocycles. The van der Waals surface area contributed by atoms with Crippen LogP contribution in [0.25, 0.3) is 6.08 Å². The van der Waals surface area contributed by atoms with E-state index in [0.29, 0.717) is 16.3 Å². The maximum absolute atomic E-state index is 13.8. The first-order chi connectivity index (χ1) is 9.66. The first kappa shape index (κ1) is 16.9. The summed E-state index contributed by atoms with van der Waals surface area (Å²) in [5.74, 6) is 0.0678. The van der Waals surface area contributed by atoms with Crippen molar-refractivity contribution < 1.29 is 13.7 Å². The van der Waals surface area contributed by atoms with Crippen LogP contribution in [0.2, 0.25) is 5.02 Å². The third-order valence-corrected chi connectivity index (χ3v) is 4.64. The second-order valence-electron chi connectivity index (χ2n) is 6.13. The van der Waals surface area contributed by atoms with Crippen molar-refractivity contribution >= 4 is 37.4 Å². The molecule has 0 radical (unpaired) electrons. The molecule has 1 saturated heterocycles. The van der Waals surface area contributed by atoms with Gasteiger partial charge in [0.05, 0.1) is 11.2 Å². The van der Waals surface area contributed by atoms with Crippen LogP contribution in [0.15, 0.2) is 23.7 Å². The highest BCUT2D eigenvalue weighted by Gasteiger charge is 2.52. The van der Waals surface area contributed by atoms with Gasteiger partial charge in [0.1, 0.15) is 5.82 Å². The number of benzene rings is 1. The quantitative estimate of drug-likeness (QED) is 0.654. The molecule has 1 fully saturated rings. The van der Waals surface area contributed by atoms with Crippen molar-refractivity contribution in [3.05, 3.63) is 40.1 Å². The predicted octanol–water partition coefficient (Wildman–Crippen LogP) is 4.42. The molecule has 6 heteroatoms. The molecule has 2 nitrogen and oxygen atoms in total. The summed E-state index contributed by atoms with van der Waals surface area (Å²) in [6.45, 7) is 7.90. The minimum Gasteiger partial charge on any atom is -0.400 e. The highest BCUT2D eigenvalue weighted by Crippen LogP contribution is 2.39. The summed E-state index contributed by atoms with van der Waals surface area (Å²) in [5, 5.41) is 0.482. The van der Waals surface area contributed by atoms with E-state index < -0.39 is 18.3 Å². The van der Waals surface area contributed by atoms with E-state index in [2.05, 4.69) is 12.6 Å². The normalized spacial score (nSPS) is 20.9. The predicted molar refractivity (Wildman–Crippen MR) is 89.3 cm³/mol. The number of thiol groups is 1. The van der Waals surface area contributed by atoms with E-state index >= 15 is 0 Å². The van der Waals surface area contributed by atoms with Crippen LogP contribution in [0.5, 0.6) is 0 Å². The summed E-state index contributed by atoms with van der Waals surface area (Å²) < 4.78 is 25.8. The summed E-state index contributed by atoms with van der Waals surface area (Å²) in [6.07, 6.45) is 1.69. The average Bonchev–Trinajstić information content (AvgIpc) is 2.59. The van der Waals surface area contributed by atoms with Crippen LogP contribution in [0.4, 0.5) is 4.39 Å². The molecule has 0 amide bonds. The van der Waals surface area contributed by atoms with E-state index in [1.807, 2.05) is 27.7 Å². The molecule has 1 aromatic rings. The Morgan fingerprint density at radius 1 is 1.29 bits per heavy atom. The molecule has 0 atom stereocenters. The lowest BCUT2D eigenvalue weighted by molar-refractivity contribution is 0.00578. The van der Waals surface area contributed by atoms with E-state index in [4.69, 9.17) is 20.9 Å². The Morgan fingerprint density at radius 2 is 1.86 bits per heavy atom. The maximum Gasteiger partial charge on any atom is 0.491 e. The van der Waals surface area contributed by atoms with Gasteiger partial charge < -0.3 is 9.31 Å². The fourth-order valence-electron chi connectivity index (χ4n) is 2.01. The molecule has 1 heterocycles. The van der Waals surface area contributed by atoms with Gasteiger partial charge in [0.25, 0.3) is 0 Å². The molecule has 0 aromatic heterocycles. The van der Waals surface area contributed by atoms with Crippen LogP contribution in [-0.4, -0.2) is 24.1 Å². The minimum atomic E-state index is -0.536. The fourth-order valence-corrected chi connectivity index (χ4v) is 2.43. The zero-order chi connectivity index (χ0) is 15.8. The third-order valence-electron chi connectivity index (χ3n) is 4.04. The van der Waals surface area contributed by atoms with Crippen LogP contribution >= 0.6 is 24.2 Å². The summed E-state index contributed by atoms with van der Waals surface area (Å²) in [7, 11) is -0.536. The van der Waals surface area contributed by atoms with Gasteiger partial charge in [-0.15, -0.1) is 0 Å². The minimum absolute atomic E-state index is 0.338. The van der Waals surface area contributed by atoms with Crippen LogP contribution in [0.3, 0.4) is 0 Å².